The molecule has 2 unspecified atom stereocenters. The molecule has 0 aromatic heterocycles. The van der Waals surface area contributed by atoms with Crippen molar-refractivity contribution in [3.63, 3.8) is 0 Å². The molecule has 1 saturated heterocycles. The van der Waals surface area contributed by atoms with E-state index < -0.39 is 6.10 Å². The van der Waals surface area contributed by atoms with Gasteiger partial charge in [0.2, 0.25) is 0 Å². The average Bonchev–Trinajstić information content (AvgIpc) is 2.41. The molecule has 3 nitrogen and oxygen atoms in total. The number of hydrogen-bond acceptors (Lipinski definition) is 3. The van der Waals surface area contributed by atoms with E-state index >= 15 is 0 Å². The maximum Gasteiger partial charge on any atom is 0.0914 e. The molecular weight excluding hydrogens is 260 g/mol. The standard InChI is InChI=1S/C15H23ClN2O/c1-18-9-3-2-4-14(18)10-17-11-15(19)12-5-7-13(16)8-6-12/h5-8,14-15,17,19H,2-4,9-11H2,1H3. The van der Waals surface area contributed by atoms with Crippen molar-refractivity contribution in [1.82, 2.24) is 10.2 Å². The first-order valence-corrected chi connectivity index (χ1v) is 7.39. The summed E-state index contributed by atoms with van der Waals surface area (Å²) in [6.07, 6.45) is 3.41. The Labute approximate surface area is 120 Å². The van der Waals surface area contributed by atoms with Gasteiger partial charge in [-0.2, -0.15) is 0 Å². The number of hydrogen-bond donors (Lipinski definition) is 2. The highest BCUT2D eigenvalue weighted by atomic mass is 35.5. The molecule has 0 aliphatic carbocycles. The van der Waals surface area contributed by atoms with E-state index in [1.165, 1.54) is 25.8 Å². The predicted molar refractivity (Wildman–Crippen MR) is 79.6 cm³/mol. The number of halogens is 1. The molecule has 0 saturated carbocycles. The third-order valence-electron chi connectivity index (χ3n) is 3.89. The minimum absolute atomic E-state index is 0.467. The molecule has 1 aromatic rings. The summed E-state index contributed by atoms with van der Waals surface area (Å²) in [4.78, 5) is 2.41. The van der Waals surface area contributed by atoms with Gasteiger partial charge in [0.1, 0.15) is 0 Å². The van der Waals surface area contributed by atoms with Crippen molar-refractivity contribution in [3.8, 4) is 0 Å². The molecule has 1 fully saturated rings. The third kappa shape index (κ3) is 4.46. The maximum atomic E-state index is 10.1. The van der Waals surface area contributed by atoms with Crippen molar-refractivity contribution in [3.05, 3.63) is 34.9 Å². The van der Waals surface area contributed by atoms with Crippen LogP contribution in [-0.4, -0.2) is 42.7 Å². The highest BCUT2D eigenvalue weighted by Crippen LogP contribution is 2.17. The lowest BCUT2D eigenvalue weighted by Crippen LogP contribution is -2.43. The first-order valence-electron chi connectivity index (χ1n) is 7.01. The van der Waals surface area contributed by atoms with Crippen LogP contribution < -0.4 is 5.32 Å². The summed E-state index contributed by atoms with van der Waals surface area (Å²) < 4.78 is 0. The van der Waals surface area contributed by atoms with Gasteiger partial charge in [-0.1, -0.05) is 30.2 Å². The van der Waals surface area contributed by atoms with E-state index in [1.54, 1.807) is 0 Å². The van der Waals surface area contributed by atoms with Crippen LogP contribution in [0.15, 0.2) is 24.3 Å². The van der Waals surface area contributed by atoms with E-state index in [9.17, 15) is 5.11 Å². The second-order valence-corrected chi connectivity index (χ2v) is 5.79. The lowest BCUT2D eigenvalue weighted by atomic mass is 10.0. The van der Waals surface area contributed by atoms with Crippen LogP contribution >= 0.6 is 11.6 Å². The number of nitrogens with zero attached hydrogens (tertiary/aromatic N) is 1. The zero-order valence-corrected chi connectivity index (χ0v) is 12.2. The molecule has 0 amide bonds. The number of nitrogens with one attached hydrogen (secondary N) is 1. The second kappa shape index (κ2) is 7.25. The summed E-state index contributed by atoms with van der Waals surface area (Å²) in [7, 11) is 2.18. The number of aliphatic hydroxyl groups is 1. The monoisotopic (exact) mass is 282 g/mol. The Morgan fingerprint density at radius 2 is 2.11 bits per heavy atom. The van der Waals surface area contributed by atoms with Crippen molar-refractivity contribution in [2.75, 3.05) is 26.7 Å². The van der Waals surface area contributed by atoms with E-state index in [1.807, 2.05) is 24.3 Å². The fraction of sp³-hybridized carbons (Fsp3) is 0.600. The van der Waals surface area contributed by atoms with Crippen LogP contribution in [0, 0.1) is 0 Å². The minimum atomic E-state index is -0.467. The SMILES string of the molecule is CN1CCCCC1CNCC(O)c1ccc(Cl)cc1. The molecule has 19 heavy (non-hydrogen) atoms. The highest BCUT2D eigenvalue weighted by molar-refractivity contribution is 6.30. The quantitative estimate of drug-likeness (QED) is 0.871. The zero-order chi connectivity index (χ0) is 13.7. The zero-order valence-electron chi connectivity index (χ0n) is 11.5. The number of likely N-dealkylation sites (tertiary alicyclic amines) is 1. The predicted octanol–water partition coefficient (Wildman–Crippen LogP) is 2.45. The fourth-order valence-electron chi connectivity index (χ4n) is 2.59. The first kappa shape index (κ1) is 14.8. The van der Waals surface area contributed by atoms with Crippen LogP contribution in [0.3, 0.4) is 0 Å². The normalized spacial score (nSPS) is 22.4. The number of rotatable bonds is 5. The second-order valence-electron chi connectivity index (χ2n) is 5.36. The van der Waals surface area contributed by atoms with Crippen molar-refractivity contribution < 1.29 is 5.11 Å². The molecule has 0 bridgehead atoms. The number of aliphatic hydroxyl groups excluding tert-OH is 1. The van der Waals surface area contributed by atoms with E-state index in [0.29, 0.717) is 17.6 Å². The summed E-state index contributed by atoms with van der Waals surface area (Å²) in [6.45, 7) is 2.72. The van der Waals surface area contributed by atoms with E-state index in [2.05, 4.69) is 17.3 Å². The van der Waals surface area contributed by atoms with Gasteiger partial charge >= 0.3 is 0 Å². The van der Waals surface area contributed by atoms with Gasteiger partial charge in [-0.05, 0) is 44.1 Å². The molecule has 0 spiro atoms. The van der Waals surface area contributed by atoms with Gasteiger partial charge in [0, 0.05) is 24.2 Å². The van der Waals surface area contributed by atoms with Gasteiger partial charge in [0.05, 0.1) is 6.10 Å². The summed E-state index contributed by atoms with van der Waals surface area (Å²) in [5.41, 5.74) is 0.911. The Bertz CT molecular complexity index is 382. The third-order valence-corrected chi connectivity index (χ3v) is 4.15. The van der Waals surface area contributed by atoms with Crippen molar-refractivity contribution in [1.29, 1.82) is 0 Å². The van der Waals surface area contributed by atoms with Crippen LogP contribution in [-0.2, 0) is 0 Å². The van der Waals surface area contributed by atoms with Gasteiger partial charge in [0.25, 0.3) is 0 Å². The molecule has 106 valence electrons. The van der Waals surface area contributed by atoms with E-state index in [0.717, 1.165) is 12.1 Å². The molecule has 2 atom stereocenters. The first-order chi connectivity index (χ1) is 9.16. The van der Waals surface area contributed by atoms with Gasteiger partial charge < -0.3 is 15.3 Å². The molecule has 1 aliphatic rings. The molecule has 4 heteroatoms. The van der Waals surface area contributed by atoms with Gasteiger partial charge in [-0.15, -0.1) is 0 Å². The Balaban J connectivity index is 1.74. The Kier molecular flexibility index (Phi) is 5.64. The maximum absolute atomic E-state index is 10.1. The van der Waals surface area contributed by atoms with Crippen molar-refractivity contribution >= 4 is 11.6 Å². The van der Waals surface area contributed by atoms with Crippen LogP contribution in [0.1, 0.15) is 30.9 Å². The van der Waals surface area contributed by atoms with Crippen LogP contribution in [0.25, 0.3) is 0 Å². The molecule has 0 radical (unpaired) electrons. The number of benzene rings is 1. The molecule has 2 rings (SSSR count). The molecule has 1 aromatic carbocycles. The fourth-order valence-corrected chi connectivity index (χ4v) is 2.72. The summed E-state index contributed by atoms with van der Waals surface area (Å²) >= 11 is 5.84. The Morgan fingerprint density at radius 1 is 1.37 bits per heavy atom. The topological polar surface area (TPSA) is 35.5 Å². The number of piperidine rings is 1. The van der Waals surface area contributed by atoms with Crippen LogP contribution in [0.4, 0.5) is 0 Å². The summed E-state index contributed by atoms with van der Waals surface area (Å²) in [6, 6.07) is 7.98. The summed E-state index contributed by atoms with van der Waals surface area (Å²) in [5, 5.41) is 14.2. The van der Waals surface area contributed by atoms with Gasteiger partial charge in [0.15, 0.2) is 0 Å². The highest BCUT2D eigenvalue weighted by Gasteiger charge is 2.18. The van der Waals surface area contributed by atoms with Gasteiger partial charge in [-0.25, -0.2) is 0 Å². The van der Waals surface area contributed by atoms with E-state index in [-0.39, 0.29) is 0 Å². The molecule has 1 aliphatic heterocycles. The lowest BCUT2D eigenvalue weighted by Gasteiger charge is -2.32. The lowest BCUT2D eigenvalue weighted by molar-refractivity contribution is 0.153. The van der Waals surface area contributed by atoms with E-state index in [4.69, 9.17) is 11.6 Å². The Morgan fingerprint density at radius 3 is 2.79 bits per heavy atom. The molecular formula is C15H23ClN2O. The average molecular weight is 283 g/mol. The molecule has 1 heterocycles. The Hall–Kier alpha value is -0.610. The number of likely N-dealkylation sites (N-methyl/N-ethyl adjacent to an activating group) is 1. The molecule has 2 N–H and O–H groups in total. The van der Waals surface area contributed by atoms with Crippen LogP contribution in [0.2, 0.25) is 5.02 Å². The largest absolute Gasteiger partial charge is 0.387 e. The van der Waals surface area contributed by atoms with Crippen LogP contribution in [0.5, 0.6) is 0 Å². The summed E-state index contributed by atoms with van der Waals surface area (Å²) in [5.74, 6) is 0. The van der Waals surface area contributed by atoms with Gasteiger partial charge in [-0.3, -0.25) is 0 Å². The van der Waals surface area contributed by atoms with Crippen molar-refractivity contribution in [2.45, 2.75) is 31.4 Å². The smallest absolute Gasteiger partial charge is 0.0914 e. The minimum Gasteiger partial charge on any atom is -0.387 e. The van der Waals surface area contributed by atoms with Crippen molar-refractivity contribution in [2.24, 2.45) is 0 Å².